The summed E-state index contributed by atoms with van der Waals surface area (Å²) in [5.74, 6) is -9.50. The summed E-state index contributed by atoms with van der Waals surface area (Å²) < 4.78 is 65.5. The van der Waals surface area contributed by atoms with Crippen molar-refractivity contribution in [3.8, 4) is 11.5 Å². The van der Waals surface area contributed by atoms with Gasteiger partial charge in [-0.15, -0.1) is 0 Å². The van der Waals surface area contributed by atoms with Gasteiger partial charge in [0, 0.05) is 0 Å². The molecular formula is C23H17F5O8. The van der Waals surface area contributed by atoms with E-state index in [9.17, 15) is 36.3 Å². The Morgan fingerprint density at radius 3 is 1.97 bits per heavy atom. The van der Waals surface area contributed by atoms with Crippen molar-refractivity contribution in [2.45, 2.75) is 18.5 Å². The highest BCUT2D eigenvalue weighted by atomic mass is 19.4. The zero-order valence-electron chi connectivity index (χ0n) is 18.0. The number of hydrogen-bond acceptors (Lipinski definition) is 5. The lowest BCUT2D eigenvalue weighted by atomic mass is 10.0. The molecule has 1 heterocycles. The fourth-order valence-corrected chi connectivity index (χ4v) is 2.76. The van der Waals surface area contributed by atoms with Crippen LogP contribution < -0.4 is 9.47 Å². The van der Waals surface area contributed by atoms with Crippen molar-refractivity contribution in [2.75, 3.05) is 6.79 Å². The average molecular weight is 516 g/mol. The van der Waals surface area contributed by atoms with E-state index in [4.69, 9.17) is 24.8 Å². The first-order chi connectivity index (χ1) is 16.7. The highest BCUT2D eigenvalue weighted by Crippen LogP contribution is 2.35. The lowest BCUT2D eigenvalue weighted by Crippen LogP contribution is -2.43. The summed E-state index contributed by atoms with van der Waals surface area (Å²) in [5, 5.41) is 26.8. The number of hydrogen-bond donors (Lipinski definition) is 3. The van der Waals surface area contributed by atoms with E-state index in [1.807, 2.05) is 42.5 Å². The van der Waals surface area contributed by atoms with Gasteiger partial charge in [-0.3, -0.25) is 4.79 Å². The smallest absolute Gasteiger partial charge is 0.465 e. The van der Waals surface area contributed by atoms with Crippen LogP contribution in [0.15, 0.2) is 60.7 Å². The van der Waals surface area contributed by atoms with Crippen LogP contribution >= 0.6 is 0 Å². The van der Waals surface area contributed by atoms with Gasteiger partial charge in [0.05, 0.1) is 12.0 Å². The number of rotatable bonds is 4. The third-order valence-electron chi connectivity index (χ3n) is 4.47. The topological polar surface area (TPSA) is 130 Å². The largest absolute Gasteiger partial charge is 0.481 e. The van der Waals surface area contributed by atoms with Crippen molar-refractivity contribution in [2.24, 2.45) is 0 Å². The number of alkyl halides is 5. The first kappa shape index (κ1) is 27.8. The molecule has 0 saturated heterocycles. The molecule has 36 heavy (non-hydrogen) atoms. The predicted molar refractivity (Wildman–Crippen MR) is 113 cm³/mol. The standard InChI is InChI=1S/C12H10O2.C8H6O4.C3HF5O2/c13-12(14)8-10-6-3-5-9-4-1-2-7-11(9)10;9-8(10)5-1-2-6-7(3-5)12-4-11-6;4-2(5,1(9)10)3(6,7)8/h1-7H,8H2,(H,13,14);1-3H,4H2,(H,9,10);(H,9,10). The first-order valence-corrected chi connectivity index (χ1v) is 9.73. The second-order valence-electron chi connectivity index (χ2n) is 6.96. The van der Waals surface area contributed by atoms with Crippen molar-refractivity contribution >= 4 is 28.7 Å². The third kappa shape index (κ3) is 7.04. The Kier molecular flexibility index (Phi) is 8.76. The Bertz CT molecular complexity index is 1250. The Hall–Kier alpha value is -4.42. The minimum atomic E-state index is -6.02. The fourth-order valence-electron chi connectivity index (χ4n) is 2.76. The van der Waals surface area contributed by atoms with Gasteiger partial charge < -0.3 is 24.8 Å². The first-order valence-electron chi connectivity index (χ1n) is 9.73. The van der Waals surface area contributed by atoms with Crippen molar-refractivity contribution in [1.82, 2.24) is 0 Å². The summed E-state index contributed by atoms with van der Waals surface area (Å²) in [7, 11) is 0. The molecule has 0 aliphatic carbocycles. The molecule has 0 saturated carbocycles. The summed E-state index contributed by atoms with van der Waals surface area (Å²) in [6, 6.07) is 18.1. The minimum Gasteiger partial charge on any atom is -0.481 e. The summed E-state index contributed by atoms with van der Waals surface area (Å²) >= 11 is 0. The maximum Gasteiger partial charge on any atom is 0.465 e. The normalized spacial score (nSPS) is 12.0. The number of carbonyl (C=O) groups is 3. The molecule has 0 unspecified atom stereocenters. The Morgan fingerprint density at radius 1 is 0.806 bits per heavy atom. The molecule has 8 nitrogen and oxygen atoms in total. The summed E-state index contributed by atoms with van der Waals surface area (Å²) in [5.41, 5.74) is 1.08. The molecule has 3 aromatic rings. The molecule has 0 spiro atoms. The molecule has 0 amide bonds. The van der Waals surface area contributed by atoms with E-state index >= 15 is 0 Å². The molecule has 3 aromatic carbocycles. The van der Waals surface area contributed by atoms with Crippen LogP contribution in [0.25, 0.3) is 10.8 Å². The number of aliphatic carboxylic acids is 2. The van der Waals surface area contributed by atoms with Crippen LogP contribution in [0.3, 0.4) is 0 Å². The van der Waals surface area contributed by atoms with Crippen LogP contribution in [-0.2, 0) is 16.0 Å². The van der Waals surface area contributed by atoms with E-state index in [-0.39, 0.29) is 18.8 Å². The van der Waals surface area contributed by atoms with Gasteiger partial charge in [0.1, 0.15) is 0 Å². The second-order valence-corrected chi connectivity index (χ2v) is 6.96. The van der Waals surface area contributed by atoms with Gasteiger partial charge in [0.2, 0.25) is 6.79 Å². The molecule has 1 aliphatic heterocycles. The number of benzene rings is 3. The van der Waals surface area contributed by atoms with Crippen LogP contribution in [0.5, 0.6) is 11.5 Å². The summed E-state index contributed by atoms with van der Waals surface area (Å²) in [6.07, 6.45) is -5.93. The number of halogens is 5. The Balaban J connectivity index is 0.000000194. The van der Waals surface area contributed by atoms with Crippen LogP contribution in [0.1, 0.15) is 15.9 Å². The van der Waals surface area contributed by atoms with Crippen LogP contribution in [0.4, 0.5) is 22.0 Å². The summed E-state index contributed by atoms with van der Waals surface area (Å²) in [6.45, 7) is 0.165. The average Bonchev–Trinajstić information content (AvgIpc) is 3.27. The Labute approximate surface area is 199 Å². The molecule has 3 N–H and O–H groups in total. The molecule has 1 aliphatic rings. The van der Waals surface area contributed by atoms with Crippen LogP contribution in [0, 0.1) is 0 Å². The monoisotopic (exact) mass is 516 g/mol. The highest BCUT2D eigenvalue weighted by molar-refractivity contribution is 5.89. The molecule has 0 radical (unpaired) electrons. The van der Waals surface area contributed by atoms with E-state index in [1.54, 1.807) is 6.07 Å². The zero-order valence-corrected chi connectivity index (χ0v) is 18.0. The zero-order chi connectivity index (χ0) is 27.1. The number of fused-ring (bicyclic) bond motifs is 2. The third-order valence-corrected chi connectivity index (χ3v) is 4.47. The van der Waals surface area contributed by atoms with Gasteiger partial charge in [-0.05, 0) is 34.5 Å². The molecule has 0 aromatic heterocycles. The maximum absolute atomic E-state index is 11.3. The maximum atomic E-state index is 11.3. The number of aromatic carboxylic acids is 1. The van der Waals surface area contributed by atoms with Gasteiger partial charge in [-0.1, -0.05) is 42.5 Å². The van der Waals surface area contributed by atoms with Gasteiger partial charge >= 0.3 is 30.0 Å². The molecule has 0 fully saturated rings. The molecular weight excluding hydrogens is 499 g/mol. The molecule has 4 rings (SSSR count). The number of carboxylic acid groups (broad SMARTS) is 3. The molecule has 0 atom stereocenters. The van der Waals surface area contributed by atoms with Crippen LogP contribution in [-0.4, -0.2) is 52.1 Å². The van der Waals surface area contributed by atoms with Gasteiger partial charge in [-0.25, -0.2) is 9.59 Å². The van der Waals surface area contributed by atoms with Crippen molar-refractivity contribution in [3.63, 3.8) is 0 Å². The van der Waals surface area contributed by atoms with Crippen molar-refractivity contribution in [3.05, 3.63) is 71.8 Å². The minimum absolute atomic E-state index is 0.0847. The lowest BCUT2D eigenvalue weighted by Gasteiger charge is -2.13. The summed E-state index contributed by atoms with van der Waals surface area (Å²) in [4.78, 5) is 30.3. The molecule has 0 bridgehead atoms. The van der Waals surface area contributed by atoms with Gasteiger partial charge in [0.15, 0.2) is 11.5 Å². The van der Waals surface area contributed by atoms with Crippen LogP contribution in [0.2, 0.25) is 0 Å². The van der Waals surface area contributed by atoms with Crippen molar-refractivity contribution in [1.29, 1.82) is 0 Å². The van der Waals surface area contributed by atoms with Gasteiger partial charge in [0.25, 0.3) is 0 Å². The quantitative estimate of drug-likeness (QED) is 0.420. The molecule has 13 heteroatoms. The van der Waals surface area contributed by atoms with Crippen molar-refractivity contribution < 1.29 is 61.1 Å². The fraction of sp³-hybridized carbons (Fsp3) is 0.174. The van der Waals surface area contributed by atoms with Gasteiger partial charge in [-0.2, -0.15) is 22.0 Å². The second kappa shape index (κ2) is 11.3. The van der Waals surface area contributed by atoms with E-state index in [0.29, 0.717) is 11.5 Å². The lowest BCUT2D eigenvalue weighted by molar-refractivity contribution is -0.277. The van der Waals surface area contributed by atoms with E-state index in [2.05, 4.69) is 0 Å². The Morgan fingerprint density at radius 2 is 1.42 bits per heavy atom. The van der Waals surface area contributed by atoms with E-state index in [0.717, 1.165) is 16.3 Å². The van der Waals surface area contributed by atoms with E-state index < -0.39 is 30.0 Å². The highest BCUT2D eigenvalue weighted by Gasteiger charge is 2.64. The SMILES string of the molecule is O=C(O)C(F)(F)C(F)(F)F.O=C(O)Cc1cccc2ccccc12.O=C(O)c1ccc2c(c1)OCO2. The number of carboxylic acids is 3. The molecule has 192 valence electrons. The number of ether oxygens (including phenoxy) is 2. The van der Waals surface area contributed by atoms with E-state index in [1.165, 1.54) is 12.1 Å². The predicted octanol–water partition coefficient (Wildman–Crippen LogP) is 4.85.